The second-order valence-electron chi connectivity index (χ2n) is 10.3. The number of alkyl halides is 3. The number of esters is 2. The molecular formula is C29H33F3O6. The van der Waals surface area contributed by atoms with E-state index in [4.69, 9.17) is 18.9 Å². The Morgan fingerprint density at radius 3 is 2.50 bits per heavy atom. The Balaban J connectivity index is 1.72. The van der Waals surface area contributed by atoms with E-state index >= 15 is 0 Å². The van der Waals surface area contributed by atoms with Crippen molar-refractivity contribution in [2.45, 2.75) is 81.6 Å². The van der Waals surface area contributed by atoms with Crippen molar-refractivity contribution in [1.29, 1.82) is 0 Å². The van der Waals surface area contributed by atoms with Gasteiger partial charge in [0.1, 0.15) is 17.8 Å². The standard InChI is InChI=1S/C29H33F3O6/c1-18-12-8-5-6-11-15-23-27(3,38-23)24(17-21-19(2)25(33)36-22(21)16-18)37-26(34)28(35-4,29(30,31)32)20-13-9-7-10-14-20/h5-7,9-10,13-14,16,21-24H,2,8,11-12,15,17H2,1,3-4H3/b6-5-,18-16+/t21?,22?,23?,24?,27?,28-/m0/s1. The van der Waals surface area contributed by atoms with E-state index in [0.717, 1.165) is 25.5 Å². The van der Waals surface area contributed by atoms with Gasteiger partial charge in [0.2, 0.25) is 0 Å². The molecule has 2 fully saturated rings. The molecule has 0 N–H and O–H groups in total. The summed E-state index contributed by atoms with van der Waals surface area (Å²) in [6.45, 7) is 7.52. The van der Waals surface area contributed by atoms with E-state index in [1.54, 1.807) is 13.0 Å². The molecule has 2 heterocycles. The number of hydrogen-bond donors (Lipinski definition) is 0. The summed E-state index contributed by atoms with van der Waals surface area (Å²) in [5.74, 6) is -2.78. The van der Waals surface area contributed by atoms with Gasteiger partial charge in [-0.1, -0.05) is 54.6 Å². The second kappa shape index (κ2) is 10.7. The van der Waals surface area contributed by atoms with Crippen molar-refractivity contribution in [3.8, 4) is 0 Å². The highest BCUT2D eigenvalue weighted by Crippen LogP contribution is 2.49. The molecule has 0 amide bonds. The molecule has 2 saturated heterocycles. The number of benzene rings is 1. The van der Waals surface area contributed by atoms with Crippen molar-refractivity contribution in [2.75, 3.05) is 7.11 Å². The lowest BCUT2D eigenvalue weighted by atomic mass is 9.84. The molecule has 206 valence electrons. The van der Waals surface area contributed by atoms with E-state index in [1.165, 1.54) is 24.3 Å². The molecule has 1 aromatic carbocycles. The summed E-state index contributed by atoms with van der Waals surface area (Å²) >= 11 is 0. The summed E-state index contributed by atoms with van der Waals surface area (Å²) in [5.41, 5.74) is -3.60. The molecule has 0 saturated carbocycles. The Labute approximate surface area is 220 Å². The van der Waals surface area contributed by atoms with Crippen molar-refractivity contribution in [1.82, 2.24) is 0 Å². The number of halogens is 3. The van der Waals surface area contributed by atoms with Crippen LogP contribution in [0.4, 0.5) is 13.2 Å². The fourth-order valence-corrected chi connectivity index (χ4v) is 5.35. The maximum Gasteiger partial charge on any atom is 0.432 e. The molecule has 6 nitrogen and oxygen atoms in total. The predicted molar refractivity (Wildman–Crippen MR) is 133 cm³/mol. The fourth-order valence-electron chi connectivity index (χ4n) is 5.35. The predicted octanol–water partition coefficient (Wildman–Crippen LogP) is 5.72. The number of rotatable bonds is 4. The summed E-state index contributed by atoms with van der Waals surface area (Å²) in [7, 11) is 0.828. The molecule has 1 aromatic rings. The van der Waals surface area contributed by atoms with Crippen LogP contribution in [0, 0.1) is 5.92 Å². The summed E-state index contributed by atoms with van der Waals surface area (Å²) < 4.78 is 65.7. The van der Waals surface area contributed by atoms with Crippen LogP contribution in [0.5, 0.6) is 0 Å². The lowest BCUT2D eigenvalue weighted by Gasteiger charge is -2.35. The third kappa shape index (κ3) is 5.18. The highest BCUT2D eigenvalue weighted by atomic mass is 19.4. The minimum absolute atomic E-state index is 0.0000401. The Morgan fingerprint density at radius 1 is 1.16 bits per heavy atom. The normalized spacial score (nSPS) is 33.9. The van der Waals surface area contributed by atoms with Crippen molar-refractivity contribution >= 4 is 11.9 Å². The first kappa shape index (κ1) is 28.1. The van der Waals surface area contributed by atoms with Crippen molar-refractivity contribution in [3.05, 3.63) is 71.8 Å². The second-order valence-corrected chi connectivity index (χ2v) is 10.3. The molecule has 38 heavy (non-hydrogen) atoms. The zero-order valence-electron chi connectivity index (χ0n) is 21.8. The average molecular weight is 535 g/mol. The van der Waals surface area contributed by atoms with Gasteiger partial charge >= 0.3 is 18.1 Å². The van der Waals surface area contributed by atoms with Crippen LogP contribution in [0.1, 0.15) is 51.5 Å². The zero-order valence-corrected chi connectivity index (χ0v) is 21.8. The number of methoxy groups -OCH3 is 1. The molecule has 9 heteroatoms. The maximum atomic E-state index is 14.5. The molecular weight excluding hydrogens is 501 g/mol. The van der Waals surface area contributed by atoms with Gasteiger partial charge in [-0.05, 0) is 52.0 Å². The largest absolute Gasteiger partial charge is 0.457 e. The van der Waals surface area contributed by atoms with Gasteiger partial charge in [-0.2, -0.15) is 13.2 Å². The van der Waals surface area contributed by atoms with Gasteiger partial charge in [0.25, 0.3) is 5.60 Å². The highest BCUT2D eigenvalue weighted by molar-refractivity contribution is 5.91. The van der Waals surface area contributed by atoms with Gasteiger partial charge in [-0.25, -0.2) is 9.59 Å². The van der Waals surface area contributed by atoms with Crippen LogP contribution in [0.25, 0.3) is 0 Å². The zero-order chi connectivity index (χ0) is 27.7. The lowest BCUT2D eigenvalue weighted by molar-refractivity contribution is -0.279. The number of ether oxygens (including phenoxy) is 4. The SMILES string of the molecule is C=C1C(=O)OC2/C=C(\C)CC/C=C\CCC3OC3(C)C(OC(=O)[C@@](OC)(c3ccccc3)C(F)(F)F)CC12. The van der Waals surface area contributed by atoms with Gasteiger partial charge in [0.15, 0.2) is 0 Å². The van der Waals surface area contributed by atoms with Crippen LogP contribution in [0.3, 0.4) is 0 Å². The van der Waals surface area contributed by atoms with Crippen LogP contribution in [0.15, 0.2) is 66.3 Å². The molecule has 2 aliphatic heterocycles. The van der Waals surface area contributed by atoms with E-state index in [1.807, 2.05) is 19.1 Å². The van der Waals surface area contributed by atoms with Crippen LogP contribution in [0.2, 0.25) is 0 Å². The van der Waals surface area contributed by atoms with Crippen molar-refractivity contribution in [2.24, 2.45) is 5.92 Å². The van der Waals surface area contributed by atoms with E-state index in [2.05, 4.69) is 12.7 Å². The maximum absolute atomic E-state index is 14.5. The first-order valence-electron chi connectivity index (χ1n) is 12.7. The lowest BCUT2D eigenvalue weighted by Crippen LogP contribution is -2.53. The van der Waals surface area contributed by atoms with Crippen LogP contribution < -0.4 is 0 Å². The molecule has 1 aliphatic carbocycles. The van der Waals surface area contributed by atoms with Gasteiger partial charge in [-0.3, -0.25) is 0 Å². The first-order chi connectivity index (χ1) is 17.9. The molecule has 0 spiro atoms. The summed E-state index contributed by atoms with van der Waals surface area (Å²) in [5, 5.41) is 0. The van der Waals surface area contributed by atoms with Gasteiger partial charge in [-0.15, -0.1) is 0 Å². The smallest absolute Gasteiger partial charge is 0.432 e. The summed E-state index contributed by atoms with van der Waals surface area (Å²) in [6.07, 6.45) is 1.59. The molecule has 4 rings (SSSR count). The average Bonchev–Trinajstić information content (AvgIpc) is 3.45. The monoisotopic (exact) mass is 534 g/mol. The van der Waals surface area contributed by atoms with Gasteiger partial charge in [0, 0.05) is 24.2 Å². The third-order valence-electron chi connectivity index (χ3n) is 7.77. The Bertz CT molecular complexity index is 1130. The van der Waals surface area contributed by atoms with Gasteiger partial charge < -0.3 is 18.9 Å². The van der Waals surface area contributed by atoms with Crippen LogP contribution in [-0.2, 0) is 34.1 Å². The summed E-state index contributed by atoms with van der Waals surface area (Å²) in [6, 6.07) is 6.67. The van der Waals surface area contributed by atoms with E-state index in [0.29, 0.717) is 12.8 Å². The van der Waals surface area contributed by atoms with Crippen LogP contribution in [-0.4, -0.2) is 49.1 Å². The molecule has 0 bridgehead atoms. The minimum Gasteiger partial charge on any atom is -0.457 e. The molecule has 0 radical (unpaired) electrons. The number of fused-ring (bicyclic) bond motifs is 2. The van der Waals surface area contributed by atoms with Crippen molar-refractivity contribution < 1.29 is 41.7 Å². The van der Waals surface area contributed by atoms with E-state index < -0.39 is 53.0 Å². The number of carbonyl (C=O) groups is 2. The van der Waals surface area contributed by atoms with E-state index in [-0.39, 0.29) is 18.1 Å². The fraction of sp³-hybridized carbons (Fsp3) is 0.517. The Hall–Kier alpha value is -2.91. The highest BCUT2D eigenvalue weighted by Gasteiger charge is 2.66. The minimum atomic E-state index is -5.12. The number of epoxide rings is 1. The Morgan fingerprint density at radius 2 is 1.84 bits per heavy atom. The van der Waals surface area contributed by atoms with Gasteiger partial charge in [0.05, 0.1) is 6.10 Å². The molecule has 5 unspecified atom stereocenters. The third-order valence-corrected chi connectivity index (χ3v) is 7.77. The Kier molecular flexibility index (Phi) is 7.91. The van der Waals surface area contributed by atoms with E-state index in [9.17, 15) is 22.8 Å². The first-order valence-corrected chi connectivity index (χ1v) is 12.7. The van der Waals surface area contributed by atoms with Crippen LogP contribution >= 0.6 is 0 Å². The summed E-state index contributed by atoms with van der Waals surface area (Å²) in [4.78, 5) is 26.0. The number of allylic oxidation sites excluding steroid dienone is 3. The number of hydrogen-bond acceptors (Lipinski definition) is 6. The molecule has 0 aromatic heterocycles. The molecule has 3 aliphatic rings. The quantitative estimate of drug-likeness (QED) is 0.213. The topological polar surface area (TPSA) is 74.4 Å². The van der Waals surface area contributed by atoms with Crippen molar-refractivity contribution in [3.63, 3.8) is 0 Å². The number of carbonyl (C=O) groups excluding carboxylic acids is 2. The molecule has 6 atom stereocenters.